The Morgan fingerprint density at radius 1 is 0.839 bits per heavy atom. The minimum atomic E-state index is -4.23. The summed E-state index contributed by atoms with van der Waals surface area (Å²) in [6.45, 7) is 2.74. The van der Waals surface area contributed by atoms with E-state index in [2.05, 4.69) is 17.2 Å². The van der Waals surface area contributed by atoms with Crippen molar-refractivity contribution in [3.8, 4) is 11.5 Å². The molecule has 166 valence electrons. The van der Waals surface area contributed by atoms with Gasteiger partial charge in [-0.2, -0.15) is 18.6 Å². The number of benzene rings is 2. The van der Waals surface area contributed by atoms with Gasteiger partial charge in [0.2, 0.25) is 0 Å². The van der Waals surface area contributed by atoms with E-state index in [9.17, 15) is 13.5 Å². The van der Waals surface area contributed by atoms with E-state index in [1.54, 1.807) is 12.1 Å². The molecule has 2 aromatic carbocycles. The molecule has 2 rings (SSSR count). The molecule has 0 saturated carbocycles. The van der Waals surface area contributed by atoms with Crippen LogP contribution in [0.15, 0.2) is 57.6 Å². The molecule has 0 aliphatic rings. The molecule has 0 bridgehead atoms. The molecule has 2 N–H and O–H groups in total. The van der Waals surface area contributed by atoms with Gasteiger partial charge < -0.3 is 9.84 Å². The van der Waals surface area contributed by atoms with E-state index in [1.807, 2.05) is 0 Å². The summed E-state index contributed by atoms with van der Waals surface area (Å²) in [6, 6.07) is 10.1. The summed E-state index contributed by atoms with van der Waals surface area (Å²) in [6.07, 6.45) is 9.66. The molecule has 0 atom stereocenters. The van der Waals surface area contributed by atoms with Crippen LogP contribution in [0.25, 0.3) is 0 Å². The summed E-state index contributed by atoms with van der Waals surface area (Å²) in [7, 11) is -4.23. The maximum atomic E-state index is 11.1. The molecule has 0 amide bonds. The van der Waals surface area contributed by atoms with Crippen LogP contribution in [0.4, 0.5) is 11.4 Å². The van der Waals surface area contributed by atoms with Crippen molar-refractivity contribution in [1.82, 2.24) is 0 Å². The summed E-state index contributed by atoms with van der Waals surface area (Å²) < 4.78 is 36.8. The zero-order chi connectivity index (χ0) is 21.8. The van der Waals surface area contributed by atoms with Crippen molar-refractivity contribution in [2.24, 2.45) is 10.2 Å². The van der Waals surface area contributed by atoms with Gasteiger partial charge in [0.15, 0.2) is 11.5 Å². The summed E-state index contributed by atoms with van der Waals surface area (Å²) in [5.74, 6) is 0.405. The number of rotatable bonds is 13. The Balaban J connectivity index is 0.00000480. The van der Waals surface area contributed by atoms with Gasteiger partial charge in [0.25, 0.3) is 10.1 Å². The van der Waals surface area contributed by atoms with Gasteiger partial charge in [-0.1, -0.05) is 51.9 Å². The third-order valence-electron chi connectivity index (χ3n) is 4.61. The molecule has 0 radical (unpaired) electrons. The second-order valence-corrected chi connectivity index (χ2v) is 8.57. The van der Waals surface area contributed by atoms with Crippen LogP contribution in [-0.4, -0.2) is 54.2 Å². The normalized spacial score (nSPS) is 11.4. The molecular weight excluding hydrogens is 427 g/mol. The standard InChI is InChI=1S/C22H30N2O5S.Na.H/c1-2-3-4-5-6-7-8-9-16-29-22-17-19(12-15-21(22)25)24-23-18-10-13-20(14-11-18)30(26,27)28;;/h10-15,17,25H,2-9,16H2,1H3,(H,26,27,28);;/b24-23+;;. The van der Waals surface area contributed by atoms with Crippen LogP contribution in [0.3, 0.4) is 0 Å². The second-order valence-electron chi connectivity index (χ2n) is 7.14. The first-order valence-corrected chi connectivity index (χ1v) is 11.8. The van der Waals surface area contributed by atoms with Gasteiger partial charge in [-0.3, -0.25) is 4.55 Å². The summed E-state index contributed by atoms with van der Waals surface area (Å²) in [5, 5.41) is 18.1. The Morgan fingerprint density at radius 3 is 2.00 bits per heavy atom. The molecule has 0 fully saturated rings. The van der Waals surface area contributed by atoms with Crippen LogP contribution >= 0.6 is 0 Å². The molecule has 0 aliphatic heterocycles. The van der Waals surface area contributed by atoms with Gasteiger partial charge in [0.05, 0.1) is 22.9 Å². The van der Waals surface area contributed by atoms with Crippen molar-refractivity contribution < 1.29 is 22.8 Å². The SMILES string of the molecule is CCCCCCCCCCOc1cc(/N=N/c2ccc(S(=O)(=O)O)cc2)ccc1O.[NaH]. The van der Waals surface area contributed by atoms with Crippen molar-refractivity contribution in [1.29, 1.82) is 0 Å². The number of nitrogens with zero attached hydrogens (tertiary/aromatic N) is 2. The Hall–Kier alpha value is -1.45. The van der Waals surface area contributed by atoms with Gasteiger partial charge in [-0.25, -0.2) is 0 Å². The van der Waals surface area contributed by atoms with Crippen LogP contribution < -0.4 is 4.74 Å². The Labute approximate surface area is 207 Å². The van der Waals surface area contributed by atoms with E-state index in [4.69, 9.17) is 9.29 Å². The van der Waals surface area contributed by atoms with Gasteiger partial charge in [-0.15, -0.1) is 0 Å². The zero-order valence-electron chi connectivity index (χ0n) is 17.3. The van der Waals surface area contributed by atoms with Crippen LogP contribution in [0, 0.1) is 0 Å². The van der Waals surface area contributed by atoms with E-state index >= 15 is 0 Å². The topological polar surface area (TPSA) is 109 Å². The Kier molecular flexibility index (Phi) is 13.0. The second kappa shape index (κ2) is 14.6. The Bertz CT molecular complexity index is 918. The van der Waals surface area contributed by atoms with E-state index < -0.39 is 10.1 Å². The van der Waals surface area contributed by atoms with Crippen LogP contribution in [0.2, 0.25) is 0 Å². The molecule has 0 heterocycles. The predicted molar refractivity (Wildman–Crippen MR) is 124 cm³/mol. The maximum absolute atomic E-state index is 11.1. The average molecular weight is 459 g/mol. The number of unbranched alkanes of at least 4 members (excludes halogenated alkanes) is 7. The van der Waals surface area contributed by atoms with Gasteiger partial charge in [0, 0.05) is 6.07 Å². The van der Waals surface area contributed by atoms with Gasteiger partial charge in [0.1, 0.15) is 0 Å². The number of hydrogen-bond donors (Lipinski definition) is 2. The number of hydrogen-bond acceptors (Lipinski definition) is 6. The van der Waals surface area contributed by atoms with Gasteiger partial charge >= 0.3 is 29.6 Å². The van der Waals surface area contributed by atoms with Crippen molar-refractivity contribution >= 4 is 51.1 Å². The fraction of sp³-hybridized carbons (Fsp3) is 0.455. The van der Waals surface area contributed by atoms with Crippen LogP contribution in [-0.2, 0) is 10.1 Å². The first-order valence-electron chi connectivity index (χ1n) is 10.4. The summed E-state index contributed by atoms with van der Waals surface area (Å²) in [5.41, 5.74) is 0.925. The first kappa shape index (κ1) is 27.6. The molecule has 31 heavy (non-hydrogen) atoms. The van der Waals surface area contributed by atoms with Crippen molar-refractivity contribution in [3.05, 3.63) is 42.5 Å². The Morgan fingerprint density at radius 2 is 1.39 bits per heavy atom. The van der Waals surface area contributed by atoms with E-state index in [1.165, 1.54) is 68.9 Å². The molecule has 0 spiro atoms. The van der Waals surface area contributed by atoms with E-state index in [0.717, 1.165) is 12.8 Å². The van der Waals surface area contributed by atoms with Crippen molar-refractivity contribution in [3.63, 3.8) is 0 Å². The molecule has 0 saturated heterocycles. The van der Waals surface area contributed by atoms with E-state index in [-0.39, 0.29) is 40.2 Å². The number of aromatic hydroxyl groups is 1. The quantitative estimate of drug-likeness (QED) is 0.167. The van der Waals surface area contributed by atoms with E-state index in [0.29, 0.717) is 23.7 Å². The molecule has 0 aliphatic carbocycles. The van der Waals surface area contributed by atoms with Crippen molar-refractivity contribution in [2.45, 2.75) is 63.2 Å². The number of phenols is 1. The zero-order valence-corrected chi connectivity index (χ0v) is 18.1. The predicted octanol–water partition coefficient (Wildman–Crippen LogP) is 5.93. The third kappa shape index (κ3) is 10.6. The number of azo groups is 1. The fourth-order valence-corrected chi connectivity index (χ4v) is 3.38. The third-order valence-corrected chi connectivity index (χ3v) is 5.48. The number of phenolic OH excluding ortho intramolecular Hbond substituents is 1. The molecular formula is C22H31N2NaO5S. The first-order chi connectivity index (χ1) is 14.4. The van der Waals surface area contributed by atoms with Crippen LogP contribution in [0.5, 0.6) is 11.5 Å². The minimum absolute atomic E-state index is 0. The summed E-state index contributed by atoms with van der Waals surface area (Å²) in [4.78, 5) is -0.206. The monoisotopic (exact) mass is 458 g/mol. The van der Waals surface area contributed by atoms with Crippen molar-refractivity contribution in [2.75, 3.05) is 6.61 Å². The molecule has 0 aromatic heterocycles. The average Bonchev–Trinajstić information content (AvgIpc) is 2.72. The van der Waals surface area contributed by atoms with Crippen LogP contribution in [0.1, 0.15) is 58.3 Å². The van der Waals surface area contributed by atoms with Gasteiger partial charge in [-0.05, 0) is 42.8 Å². The molecule has 2 aromatic rings. The fourth-order valence-electron chi connectivity index (χ4n) is 2.90. The molecule has 7 nitrogen and oxygen atoms in total. The summed E-state index contributed by atoms with van der Waals surface area (Å²) >= 11 is 0. The number of ether oxygens (including phenoxy) is 1. The molecule has 0 unspecified atom stereocenters. The molecule has 9 heteroatoms.